The van der Waals surface area contributed by atoms with Gasteiger partial charge < -0.3 is 15.6 Å². The summed E-state index contributed by atoms with van der Waals surface area (Å²) in [6.45, 7) is 0.0749. The lowest BCUT2D eigenvalue weighted by Gasteiger charge is -2.12. The van der Waals surface area contributed by atoms with Crippen molar-refractivity contribution in [3.8, 4) is 5.75 Å². The molecule has 0 unspecified atom stereocenters. The summed E-state index contributed by atoms with van der Waals surface area (Å²) in [6.07, 6.45) is 1.15. The van der Waals surface area contributed by atoms with E-state index < -0.39 is 0 Å². The minimum Gasteiger partial charge on any atom is -0.497 e. The van der Waals surface area contributed by atoms with E-state index in [2.05, 4.69) is 0 Å². The number of aliphatic hydroxyl groups excluding tert-OH is 1. The molecular formula is C11H16FNO2. The fraction of sp³-hybridized carbons (Fsp3) is 0.455. The highest BCUT2D eigenvalue weighted by atomic mass is 19.1. The van der Waals surface area contributed by atoms with Gasteiger partial charge in [-0.2, -0.15) is 0 Å². The highest BCUT2D eigenvalue weighted by molar-refractivity contribution is 5.30. The van der Waals surface area contributed by atoms with Gasteiger partial charge >= 0.3 is 0 Å². The van der Waals surface area contributed by atoms with E-state index >= 15 is 0 Å². The van der Waals surface area contributed by atoms with Gasteiger partial charge in [-0.05, 0) is 18.9 Å². The Morgan fingerprint density at radius 3 is 2.80 bits per heavy atom. The molecule has 0 saturated heterocycles. The van der Waals surface area contributed by atoms with Crippen LogP contribution in [0.4, 0.5) is 4.39 Å². The van der Waals surface area contributed by atoms with Crippen LogP contribution in [0.15, 0.2) is 18.2 Å². The van der Waals surface area contributed by atoms with E-state index in [-0.39, 0.29) is 18.5 Å². The van der Waals surface area contributed by atoms with Gasteiger partial charge in [0.2, 0.25) is 0 Å². The van der Waals surface area contributed by atoms with Crippen LogP contribution in [0.3, 0.4) is 0 Å². The lowest BCUT2D eigenvalue weighted by Crippen LogP contribution is -2.12. The van der Waals surface area contributed by atoms with Gasteiger partial charge in [-0.1, -0.05) is 6.07 Å². The largest absolute Gasteiger partial charge is 0.497 e. The van der Waals surface area contributed by atoms with Crippen molar-refractivity contribution in [3.05, 3.63) is 29.6 Å². The highest BCUT2D eigenvalue weighted by Gasteiger charge is 2.11. The summed E-state index contributed by atoms with van der Waals surface area (Å²) in [4.78, 5) is 0. The summed E-state index contributed by atoms with van der Waals surface area (Å²) < 4.78 is 18.4. The maximum Gasteiger partial charge on any atom is 0.131 e. The van der Waals surface area contributed by atoms with Gasteiger partial charge in [0.05, 0.1) is 7.11 Å². The van der Waals surface area contributed by atoms with Crippen molar-refractivity contribution in [2.45, 2.75) is 18.9 Å². The maximum atomic E-state index is 13.5. The first kappa shape index (κ1) is 11.9. The molecule has 15 heavy (non-hydrogen) atoms. The summed E-state index contributed by atoms with van der Waals surface area (Å²) in [6, 6.07) is 4.24. The molecule has 0 amide bonds. The van der Waals surface area contributed by atoms with Crippen molar-refractivity contribution in [2.75, 3.05) is 13.7 Å². The minimum absolute atomic E-state index is 0.0749. The van der Waals surface area contributed by atoms with E-state index in [0.717, 1.165) is 0 Å². The zero-order valence-corrected chi connectivity index (χ0v) is 8.74. The van der Waals surface area contributed by atoms with Crippen molar-refractivity contribution in [1.82, 2.24) is 0 Å². The van der Waals surface area contributed by atoms with E-state index in [9.17, 15) is 4.39 Å². The Balaban J connectivity index is 2.76. The number of methoxy groups -OCH3 is 1. The Morgan fingerprint density at radius 1 is 1.53 bits per heavy atom. The van der Waals surface area contributed by atoms with Crippen molar-refractivity contribution < 1.29 is 14.2 Å². The Kier molecular flexibility index (Phi) is 4.52. The average Bonchev–Trinajstić information content (AvgIpc) is 2.25. The van der Waals surface area contributed by atoms with E-state index in [0.29, 0.717) is 24.2 Å². The number of nitrogens with two attached hydrogens (primary N) is 1. The summed E-state index contributed by atoms with van der Waals surface area (Å²) in [5.41, 5.74) is 6.24. The molecule has 84 valence electrons. The van der Waals surface area contributed by atoms with Crippen molar-refractivity contribution >= 4 is 0 Å². The van der Waals surface area contributed by atoms with E-state index in [1.807, 2.05) is 0 Å². The summed E-state index contributed by atoms with van der Waals surface area (Å²) in [5, 5.41) is 8.64. The quantitative estimate of drug-likeness (QED) is 0.781. The van der Waals surface area contributed by atoms with Crippen LogP contribution in [0.5, 0.6) is 5.75 Å². The molecule has 1 aromatic carbocycles. The third-order valence-electron chi connectivity index (χ3n) is 2.28. The fourth-order valence-corrected chi connectivity index (χ4v) is 1.40. The molecule has 1 rings (SSSR count). The van der Waals surface area contributed by atoms with Gasteiger partial charge in [-0.25, -0.2) is 4.39 Å². The molecule has 0 heterocycles. The molecule has 0 fully saturated rings. The fourth-order valence-electron chi connectivity index (χ4n) is 1.40. The monoisotopic (exact) mass is 213 g/mol. The standard InChI is InChI=1S/C11H16FNO2/c1-15-8-4-5-9(10(12)7-8)11(13)3-2-6-14/h4-5,7,11,14H,2-3,6,13H2,1H3/t11-/m0/s1. The zero-order valence-electron chi connectivity index (χ0n) is 8.74. The third-order valence-corrected chi connectivity index (χ3v) is 2.28. The topological polar surface area (TPSA) is 55.5 Å². The molecule has 3 N–H and O–H groups in total. The van der Waals surface area contributed by atoms with Gasteiger partial charge in [0, 0.05) is 24.3 Å². The number of hydrogen-bond acceptors (Lipinski definition) is 3. The van der Waals surface area contributed by atoms with Gasteiger partial charge in [0.1, 0.15) is 11.6 Å². The van der Waals surface area contributed by atoms with Crippen molar-refractivity contribution in [2.24, 2.45) is 5.73 Å². The normalized spacial score (nSPS) is 12.5. The van der Waals surface area contributed by atoms with E-state index in [4.69, 9.17) is 15.6 Å². The SMILES string of the molecule is COc1ccc([C@@H](N)CCCO)c(F)c1. The second kappa shape index (κ2) is 5.68. The van der Waals surface area contributed by atoms with Crippen LogP contribution >= 0.6 is 0 Å². The molecule has 0 aliphatic carbocycles. The molecule has 1 atom stereocenters. The smallest absolute Gasteiger partial charge is 0.131 e. The third kappa shape index (κ3) is 3.18. The minimum atomic E-state index is -0.372. The number of benzene rings is 1. The lowest BCUT2D eigenvalue weighted by atomic mass is 10.0. The Morgan fingerprint density at radius 2 is 2.27 bits per heavy atom. The number of aliphatic hydroxyl groups is 1. The Labute approximate surface area is 88.7 Å². The van der Waals surface area contributed by atoms with Crippen LogP contribution in [0, 0.1) is 5.82 Å². The zero-order chi connectivity index (χ0) is 11.3. The van der Waals surface area contributed by atoms with Crippen molar-refractivity contribution in [1.29, 1.82) is 0 Å². The van der Waals surface area contributed by atoms with Crippen LogP contribution in [0.1, 0.15) is 24.4 Å². The first-order valence-corrected chi connectivity index (χ1v) is 4.89. The number of hydrogen-bond donors (Lipinski definition) is 2. The molecule has 0 saturated carbocycles. The van der Waals surface area contributed by atoms with Crippen LogP contribution in [0.25, 0.3) is 0 Å². The molecule has 0 aliphatic heterocycles. The second-order valence-corrected chi connectivity index (χ2v) is 3.36. The molecular weight excluding hydrogens is 197 g/mol. The lowest BCUT2D eigenvalue weighted by molar-refractivity contribution is 0.279. The van der Waals surface area contributed by atoms with Crippen LogP contribution < -0.4 is 10.5 Å². The van der Waals surface area contributed by atoms with Gasteiger partial charge in [-0.15, -0.1) is 0 Å². The van der Waals surface area contributed by atoms with E-state index in [1.54, 1.807) is 12.1 Å². The predicted molar refractivity (Wildman–Crippen MR) is 56.2 cm³/mol. The molecule has 0 aliphatic rings. The first-order chi connectivity index (χ1) is 7.19. The van der Waals surface area contributed by atoms with Gasteiger partial charge in [-0.3, -0.25) is 0 Å². The van der Waals surface area contributed by atoms with Crippen molar-refractivity contribution in [3.63, 3.8) is 0 Å². The van der Waals surface area contributed by atoms with E-state index in [1.165, 1.54) is 13.2 Å². The number of halogens is 1. The molecule has 1 aromatic rings. The molecule has 0 aromatic heterocycles. The number of rotatable bonds is 5. The first-order valence-electron chi connectivity index (χ1n) is 4.89. The Hall–Kier alpha value is -1.13. The van der Waals surface area contributed by atoms with Gasteiger partial charge in [0.25, 0.3) is 0 Å². The van der Waals surface area contributed by atoms with Crippen LogP contribution in [-0.4, -0.2) is 18.8 Å². The highest BCUT2D eigenvalue weighted by Crippen LogP contribution is 2.22. The van der Waals surface area contributed by atoms with Gasteiger partial charge in [0.15, 0.2) is 0 Å². The number of ether oxygens (including phenoxy) is 1. The molecule has 0 spiro atoms. The predicted octanol–water partition coefficient (Wildman–Crippen LogP) is 1.61. The molecule has 3 nitrogen and oxygen atoms in total. The molecule has 0 bridgehead atoms. The summed E-state index contributed by atoms with van der Waals surface area (Å²) >= 11 is 0. The molecule has 0 radical (unpaired) electrons. The summed E-state index contributed by atoms with van der Waals surface area (Å²) in [5.74, 6) is 0.116. The summed E-state index contributed by atoms with van der Waals surface area (Å²) in [7, 11) is 1.49. The maximum absolute atomic E-state index is 13.5. The second-order valence-electron chi connectivity index (χ2n) is 3.36. The van der Waals surface area contributed by atoms with Crippen LogP contribution in [0.2, 0.25) is 0 Å². The Bertz CT molecular complexity index is 317. The van der Waals surface area contributed by atoms with Crippen LogP contribution in [-0.2, 0) is 0 Å². The molecule has 4 heteroatoms. The average molecular weight is 213 g/mol.